The maximum Gasteiger partial charge on any atom is 0.347 e. The van der Waals surface area contributed by atoms with Gasteiger partial charge in [-0.1, -0.05) is 28.1 Å². The van der Waals surface area contributed by atoms with Crippen LogP contribution in [0.15, 0.2) is 28.7 Å². The summed E-state index contributed by atoms with van der Waals surface area (Å²) in [6.07, 6.45) is -2.78. The number of benzene rings is 1. The van der Waals surface area contributed by atoms with Crippen molar-refractivity contribution in [3.05, 3.63) is 34.3 Å². The number of aliphatic carboxylic acids is 2. The molecule has 0 aliphatic carbocycles. The standard InChI is InChI=1S/C11H9BrO7/c12-6-3-1-5(2-4-6)7(13)11(19,10(17)18)8(14)9(15)16/h1-4,8,14,19H,(H,15,16)(H,17,18). The number of carbonyl (C=O) groups excluding carboxylic acids is 1. The van der Waals surface area contributed by atoms with E-state index in [0.29, 0.717) is 4.47 Å². The fraction of sp³-hybridized carbons (Fsp3) is 0.182. The minimum Gasteiger partial charge on any atom is -0.479 e. The third-order valence-electron chi connectivity index (χ3n) is 2.41. The molecule has 0 amide bonds. The van der Waals surface area contributed by atoms with Gasteiger partial charge in [-0.2, -0.15) is 0 Å². The number of rotatable bonds is 5. The van der Waals surface area contributed by atoms with E-state index < -0.39 is 29.4 Å². The maximum atomic E-state index is 11.9. The average molecular weight is 333 g/mol. The van der Waals surface area contributed by atoms with Crippen LogP contribution in [0.25, 0.3) is 0 Å². The Balaban J connectivity index is 3.27. The first kappa shape index (κ1) is 15.3. The third kappa shape index (κ3) is 2.80. The molecule has 2 atom stereocenters. The van der Waals surface area contributed by atoms with Gasteiger partial charge in [0.25, 0.3) is 5.60 Å². The Kier molecular flexibility index (Phi) is 4.40. The van der Waals surface area contributed by atoms with E-state index in [1.807, 2.05) is 0 Å². The number of hydrogen-bond acceptors (Lipinski definition) is 5. The van der Waals surface area contributed by atoms with Crippen LogP contribution in [0, 0.1) is 0 Å². The molecule has 0 aliphatic heterocycles. The Morgan fingerprint density at radius 3 is 1.95 bits per heavy atom. The molecule has 0 radical (unpaired) electrons. The number of carbonyl (C=O) groups is 3. The summed E-state index contributed by atoms with van der Waals surface area (Å²) in [5.74, 6) is -5.58. The van der Waals surface area contributed by atoms with Crippen molar-refractivity contribution in [3.63, 3.8) is 0 Å². The minimum absolute atomic E-state index is 0.242. The van der Waals surface area contributed by atoms with E-state index in [9.17, 15) is 24.6 Å². The Morgan fingerprint density at radius 2 is 1.58 bits per heavy atom. The Bertz CT molecular complexity index is 524. The predicted octanol–water partition coefficient (Wildman–Crippen LogP) is -0.107. The Morgan fingerprint density at radius 1 is 1.11 bits per heavy atom. The van der Waals surface area contributed by atoms with Crippen LogP contribution in [0.1, 0.15) is 10.4 Å². The number of carboxylic acids is 2. The molecule has 0 spiro atoms. The molecule has 8 heteroatoms. The third-order valence-corrected chi connectivity index (χ3v) is 2.94. The largest absolute Gasteiger partial charge is 0.479 e. The normalized spacial score (nSPS) is 15.3. The molecule has 2 unspecified atom stereocenters. The SMILES string of the molecule is O=C(O)C(O)C(O)(C(=O)O)C(=O)c1ccc(Br)cc1. The predicted molar refractivity (Wildman–Crippen MR) is 64.7 cm³/mol. The summed E-state index contributed by atoms with van der Waals surface area (Å²) in [7, 11) is 0. The van der Waals surface area contributed by atoms with E-state index >= 15 is 0 Å². The van der Waals surface area contributed by atoms with Gasteiger partial charge in [0, 0.05) is 10.0 Å². The van der Waals surface area contributed by atoms with E-state index in [1.165, 1.54) is 24.3 Å². The second-order valence-electron chi connectivity index (χ2n) is 3.65. The second-order valence-corrected chi connectivity index (χ2v) is 4.56. The second kappa shape index (κ2) is 5.47. The first-order chi connectivity index (χ1) is 8.71. The van der Waals surface area contributed by atoms with Crippen molar-refractivity contribution in [2.24, 2.45) is 0 Å². The summed E-state index contributed by atoms with van der Waals surface area (Å²) in [4.78, 5) is 33.4. The van der Waals surface area contributed by atoms with Gasteiger partial charge >= 0.3 is 11.9 Å². The van der Waals surface area contributed by atoms with Gasteiger partial charge in [0.05, 0.1) is 0 Å². The van der Waals surface area contributed by atoms with Crippen molar-refractivity contribution < 1.29 is 34.8 Å². The highest BCUT2D eigenvalue weighted by Gasteiger charge is 2.54. The minimum atomic E-state index is -3.44. The van der Waals surface area contributed by atoms with E-state index in [0.717, 1.165) is 0 Å². The molecular weight excluding hydrogens is 324 g/mol. The van der Waals surface area contributed by atoms with Crippen molar-refractivity contribution in [1.29, 1.82) is 0 Å². The molecule has 0 saturated heterocycles. The molecular formula is C11H9BrO7. The topological polar surface area (TPSA) is 132 Å². The molecule has 1 aromatic rings. The highest BCUT2D eigenvalue weighted by Crippen LogP contribution is 2.21. The molecule has 0 aliphatic rings. The van der Waals surface area contributed by atoms with Gasteiger partial charge in [0.1, 0.15) is 0 Å². The fourth-order valence-electron chi connectivity index (χ4n) is 1.34. The van der Waals surface area contributed by atoms with Crippen LogP contribution in [0.2, 0.25) is 0 Å². The van der Waals surface area contributed by atoms with E-state index in [-0.39, 0.29) is 5.56 Å². The average Bonchev–Trinajstić information content (AvgIpc) is 2.36. The van der Waals surface area contributed by atoms with E-state index in [1.54, 1.807) is 0 Å². The van der Waals surface area contributed by atoms with Crippen LogP contribution in [-0.2, 0) is 9.59 Å². The number of hydrogen-bond donors (Lipinski definition) is 4. The lowest BCUT2D eigenvalue weighted by molar-refractivity contribution is -0.175. The maximum absolute atomic E-state index is 11.9. The molecule has 19 heavy (non-hydrogen) atoms. The molecule has 0 fully saturated rings. The van der Waals surface area contributed by atoms with Crippen molar-refractivity contribution in [2.75, 3.05) is 0 Å². The molecule has 0 bridgehead atoms. The Labute approximate surface area is 115 Å². The lowest BCUT2D eigenvalue weighted by atomic mass is 9.87. The van der Waals surface area contributed by atoms with Crippen LogP contribution in [0.3, 0.4) is 0 Å². The Hall–Kier alpha value is -1.77. The van der Waals surface area contributed by atoms with Crippen molar-refractivity contribution in [2.45, 2.75) is 11.7 Å². The monoisotopic (exact) mass is 332 g/mol. The van der Waals surface area contributed by atoms with E-state index in [4.69, 9.17) is 10.2 Å². The van der Waals surface area contributed by atoms with Gasteiger partial charge in [-0.05, 0) is 12.1 Å². The zero-order valence-corrected chi connectivity index (χ0v) is 10.9. The lowest BCUT2D eigenvalue weighted by Crippen LogP contribution is -2.58. The highest BCUT2D eigenvalue weighted by molar-refractivity contribution is 9.10. The highest BCUT2D eigenvalue weighted by atomic mass is 79.9. The van der Waals surface area contributed by atoms with Gasteiger partial charge in [-0.3, -0.25) is 4.79 Å². The number of ketones is 1. The number of aliphatic hydroxyl groups is 2. The van der Waals surface area contributed by atoms with Gasteiger partial charge < -0.3 is 20.4 Å². The number of carboxylic acid groups (broad SMARTS) is 2. The van der Waals surface area contributed by atoms with Crippen LogP contribution in [0.5, 0.6) is 0 Å². The molecule has 4 N–H and O–H groups in total. The van der Waals surface area contributed by atoms with Crippen LogP contribution >= 0.6 is 15.9 Å². The molecule has 0 saturated carbocycles. The summed E-state index contributed by atoms with van der Waals surface area (Å²) in [5, 5.41) is 36.4. The first-order valence-electron chi connectivity index (χ1n) is 4.88. The lowest BCUT2D eigenvalue weighted by Gasteiger charge is -2.24. The molecule has 1 aromatic carbocycles. The first-order valence-corrected chi connectivity index (χ1v) is 5.67. The van der Waals surface area contributed by atoms with Gasteiger partial charge in [-0.15, -0.1) is 0 Å². The van der Waals surface area contributed by atoms with Crippen molar-refractivity contribution >= 4 is 33.7 Å². The number of Topliss-reactive ketones (excluding diaryl/α,β-unsaturated/α-hetero) is 1. The summed E-state index contributed by atoms with van der Waals surface area (Å²) in [5.41, 5.74) is -3.69. The smallest absolute Gasteiger partial charge is 0.347 e. The van der Waals surface area contributed by atoms with Crippen molar-refractivity contribution in [3.8, 4) is 0 Å². The van der Waals surface area contributed by atoms with Crippen LogP contribution in [-0.4, -0.2) is 49.9 Å². The van der Waals surface area contributed by atoms with Crippen LogP contribution in [0.4, 0.5) is 0 Å². The molecule has 1 rings (SSSR count). The molecule has 0 aromatic heterocycles. The number of halogens is 1. The molecule has 0 heterocycles. The van der Waals surface area contributed by atoms with Crippen LogP contribution < -0.4 is 0 Å². The zero-order valence-electron chi connectivity index (χ0n) is 9.28. The molecule has 7 nitrogen and oxygen atoms in total. The fourth-order valence-corrected chi connectivity index (χ4v) is 1.60. The number of aliphatic hydroxyl groups excluding tert-OH is 1. The summed E-state index contributed by atoms with van der Waals surface area (Å²) in [6, 6.07) is 5.19. The zero-order chi connectivity index (χ0) is 14.8. The van der Waals surface area contributed by atoms with E-state index in [2.05, 4.69) is 15.9 Å². The van der Waals surface area contributed by atoms with Gasteiger partial charge in [0.15, 0.2) is 6.10 Å². The summed E-state index contributed by atoms with van der Waals surface area (Å²) < 4.78 is 0.599. The van der Waals surface area contributed by atoms with Crippen molar-refractivity contribution in [1.82, 2.24) is 0 Å². The summed E-state index contributed by atoms with van der Waals surface area (Å²) in [6.45, 7) is 0. The van der Waals surface area contributed by atoms with Gasteiger partial charge in [-0.25, -0.2) is 9.59 Å². The quantitative estimate of drug-likeness (QED) is 0.437. The van der Waals surface area contributed by atoms with Gasteiger partial charge in [0.2, 0.25) is 5.78 Å². The molecule has 102 valence electrons. The summed E-state index contributed by atoms with van der Waals surface area (Å²) >= 11 is 3.09.